The molecule has 2 aromatic carbocycles. The van der Waals surface area contributed by atoms with Gasteiger partial charge in [-0.15, -0.1) is 10.2 Å². The maximum absolute atomic E-state index is 10.8. The Bertz CT molecular complexity index is 1130. The highest BCUT2D eigenvalue weighted by Crippen LogP contribution is 2.34. The smallest absolute Gasteiger partial charge is 0.269 e. The molecule has 0 aliphatic carbocycles. The number of benzene rings is 2. The lowest BCUT2D eigenvalue weighted by Crippen LogP contribution is -1.87. The van der Waals surface area contributed by atoms with E-state index in [4.69, 9.17) is 13.9 Å². The van der Waals surface area contributed by atoms with Gasteiger partial charge in [-0.2, -0.15) is 0 Å². The first-order valence-electron chi connectivity index (χ1n) is 7.92. The van der Waals surface area contributed by atoms with Gasteiger partial charge in [0.2, 0.25) is 5.89 Å². The number of hydrogen-bond donors (Lipinski definition) is 1. The molecule has 0 radical (unpaired) electrons. The van der Waals surface area contributed by atoms with Crippen LogP contribution in [0.25, 0.3) is 33.9 Å². The summed E-state index contributed by atoms with van der Waals surface area (Å²) in [5.74, 6) is 1.87. The van der Waals surface area contributed by atoms with E-state index in [0.29, 0.717) is 28.6 Å². The van der Waals surface area contributed by atoms with Crippen molar-refractivity contribution in [2.45, 2.75) is 0 Å². The molecule has 0 fully saturated rings. The van der Waals surface area contributed by atoms with E-state index in [1.54, 1.807) is 32.4 Å². The molecule has 0 amide bonds. The van der Waals surface area contributed by atoms with Crippen LogP contribution in [0.2, 0.25) is 0 Å². The van der Waals surface area contributed by atoms with Crippen LogP contribution in [0.1, 0.15) is 0 Å². The number of nitro benzene ring substituents is 1. The van der Waals surface area contributed by atoms with Crippen molar-refractivity contribution in [3.8, 4) is 34.5 Å². The number of fused-ring (bicyclic) bond motifs is 1. The van der Waals surface area contributed by atoms with Gasteiger partial charge in [-0.3, -0.25) is 10.1 Å². The van der Waals surface area contributed by atoms with Crippen LogP contribution >= 0.6 is 0 Å². The number of methoxy groups -OCH3 is 2. The van der Waals surface area contributed by atoms with Crippen molar-refractivity contribution in [2.24, 2.45) is 0 Å². The molecule has 27 heavy (non-hydrogen) atoms. The zero-order valence-corrected chi connectivity index (χ0v) is 14.4. The van der Waals surface area contributed by atoms with Crippen molar-refractivity contribution in [1.29, 1.82) is 0 Å². The molecule has 0 unspecified atom stereocenters. The van der Waals surface area contributed by atoms with E-state index in [9.17, 15) is 10.1 Å². The fourth-order valence-corrected chi connectivity index (χ4v) is 2.76. The minimum absolute atomic E-state index is 0.00449. The number of hydrogen-bond acceptors (Lipinski definition) is 7. The number of nitro groups is 1. The molecule has 0 saturated heterocycles. The molecule has 9 nitrogen and oxygen atoms in total. The topological polar surface area (TPSA) is 116 Å². The summed E-state index contributed by atoms with van der Waals surface area (Å²) in [6.07, 6.45) is 0. The van der Waals surface area contributed by atoms with Crippen molar-refractivity contribution in [3.63, 3.8) is 0 Å². The number of nitrogens with zero attached hydrogens (tertiary/aromatic N) is 3. The Morgan fingerprint density at radius 2 is 1.78 bits per heavy atom. The monoisotopic (exact) mass is 366 g/mol. The van der Waals surface area contributed by atoms with E-state index in [1.165, 1.54) is 12.1 Å². The first-order valence-corrected chi connectivity index (χ1v) is 7.92. The Morgan fingerprint density at radius 1 is 1.04 bits per heavy atom. The summed E-state index contributed by atoms with van der Waals surface area (Å²) in [5.41, 5.74) is 2.01. The predicted molar refractivity (Wildman–Crippen MR) is 96.8 cm³/mol. The summed E-state index contributed by atoms with van der Waals surface area (Å²) in [4.78, 5) is 13.5. The Hall–Kier alpha value is -3.88. The molecule has 4 rings (SSSR count). The first-order chi connectivity index (χ1) is 13.1. The Balaban J connectivity index is 1.71. The summed E-state index contributed by atoms with van der Waals surface area (Å²) in [6.45, 7) is 0. The van der Waals surface area contributed by atoms with Gasteiger partial charge in [-0.05, 0) is 18.2 Å². The van der Waals surface area contributed by atoms with Gasteiger partial charge in [-0.1, -0.05) is 0 Å². The van der Waals surface area contributed by atoms with E-state index in [0.717, 1.165) is 10.9 Å². The summed E-state index contributed by atoms with van der Waals surface area (Å²) in [6, 6.07) is 11.4. The summed E-state index contributed by atoms with van der Waals surface area (Å²) in [5, 5.41) is 19.7. The number of rotatable bonds is 5. The third kappa shape index (κ3) is 2.95. The number of non-ortho nitro benzene ring substituents is 1. The molecule has 0 bridgehead atoms. The maximum Gasteiger partial charge on any atom is 0.269 e. The van der Waals surface area contributed by atoms with Crippen LogP contribution < -0.4 is 9.47 Å². The highest BCUT2D eigenvalue weighted by Gasteiger charge is 2.16. The lowest BCUT2D eigenvalue weighted by molar-refractivity contribution is -0.384. The van der Waals surface area contributed by atoms with E-state index in [-0.39, 0.29) is 11.6 Å². The number of ether oxygens (including phenoxy) is 2. The van der Waals surface area contributed by atoms with E-state index >= 15 is 0 Å². The van der Waals surface area contributed by atoms with Gasteiger partial charge in [0.05, 0.1) is 24.7 Å². The predicted octanol–water partition coefficient (Wildman–Crippen LogP) is 3.81. The van der Waals surface area contributed by atoms with Crippen LogP contribution in [0.5, 0.6) is 11.5 Å². The average molecular weight is 366 g/mol. The number of aromatic amines is 1. The quantitative estimate of drug-likeness (QED) is 0.421. The molecular formula is C18H14N4O5. The standard InChI is InChI=1S/C18H14N4O5/c1-25-12-7-14-13(16(8-12)26-2)9-15(19-14)18-21-20-17(27-18)10-3-5-11(6-4-10)22(23)24/h3-9,19H,1-2H3. The van der Waals surface area contributed by atoms with Crippen molar-refractivity contribution < 1.29 is 18.8 Å². The fraction of sp³-hybridized carbons (Fsp3) is 0.111. The van der Waals surface area contributed by atoms with Gasteiger partial charge < -0.3 is 18.9 Å². The molecule has 0 aliphatic rings. The van der Waals surface area contributed by atoms with Crippen LogP contribution in [0.15, 0.2) is 46.9 Å². The largest absolute Gasteiger partial charge is 0.497 e. The highest BCUT2D eigenvalue weighted by molar-refractivity contribution is 5.91. The van der Waals surface area contributed by atoms with Crippen molar-refractivity contribution in [2.75, 3.05) is 14.2 Å². The highest BCUT2D eigenvalue weighted by atomic mass is 16.6. The van der Waals surface area contributed by atoms with Crippen LogP contribution in [0, 0.1) is 10.1 Å². The molecule has 0 aliphatic heterocycles. The van der Waals surface area contributed by atoms with Crippen molar-refractivity contribution in [3.05, 3.63) is 52.6 Å². The molecule has 2 heterocycles. The van der Waals surface area contributed by atoms with E-state index in [2.05, 4.69) is 15.2 Å². The normalized spacial score (nSPS) is 10.9. The van der Waals surface area contributed by atoms with Gasteiger partial charge in [-0.25, -0.2) is 0 Å². The molecule has 2 aromatic heterocycles. The summed E-state index contributed by atoms with van der Waals surface area (Å²) >= 11 is 0. The first kappa shape index (κ1) is 16.6. The Morgan fingerprint density at radius 3 is 2.44 bits per heavy atom. The third-order valence-corrected chi connectivity index (χ3v) is 4.11. The van der Waals surface area contributed by atoms with Gasteiger partial charge in [0.25, 0.3) is 11.6 Å². The van der Waals surface area contributed by atoms with Crippen LogP contribution in [0.4, 0.5) is 5.69 Å². The number of aromatic nitrogens is 3. The molecular weight excluding hydrogens is 352 g/mol. The summed E-state index contributed by atoms with van der Waals surface area (Å²) in [7, 11) is 3.17. The second-order valence-electron chi connectivity index (χ2n) is 5.69. The zero-order valence-electron chi connectivity index (χ0n) is 14.4. The van der Waals surface area contributed by atoms with Crippen LogP contribution in [0.3, 0.4) is 0 Å². The van der Waals surface area contributed by atoms with Crippen molar-refractivity contribution >= 4 is 16.6 Å². The van der Waals surface area contributed by atoms with Gasteiger partial charge in [0, 0.05) is 35.2 Å². The van der Waals surface area contributed by atoms with E-state index < -0.39 is 4.92 Å². The number of nitrogens with one attached hydrogen (secondary N) is 1. The SMILES string of the molecule is COc1cc(OC)c2cc(-c3nnc(-c4ccc([N+](=O)[O-])cc4)o3)[nH]c2c1. The Kier molecular flexibility index (Phi) is 3.96. The minimum atomic E-state index is -0.463. The van der Waals surface area contributed by atoms with Crippen molar-refractivity contribution in [1.82, 2.24) is 15.2 Å². The molecule has 136 valence electrons. The molecule has 0 saturated carbocycles. The lowest BCUT2D eigenvalue weighted by Gasteiger charge is -2.04. The zero-order chi connectivity index (χ0) is 19.0. The Labute approximate surface area is 152 Å². The third-order valence-electron chi connectivity index (χ3n) is 4.11. The molecule has 0 atom stereocenters. The molecule has 9 heteroatoms. The maximum atomic E-state index is 10.8. The fourth-order valence-electron chi connectivity index (χ4n) is 2.76. The molecule has 0 spiro atoms. The second kappa shape index (κ2) is 6.45. The minimum Gasteiger partial charge on any atom is -0.497 e. The van der Waals surface area contributed by atoms with Gasteiger partial charge in [0.1, 0.15) is 17.2 Å². The van der Waals surface area contributed by atoms with E-state index in [1.807, 2.05) is 12.1 Å². The lowest BCUT2D eigenvalue weighted by atomic mass is 10.2. The van der Waals surface area contributed by atoms with Gasteiger partial charge >= 0.3 is 0 Å². The second-order valence-corrected chi connectivity index (χ2v) is 5.69. The van der Waals surface area contributed by atoms with Crippen LogP contribution in [-0.2, 0) is 0 Å². The molecule has 4 aromatic rings. The van der Waals surface area contributed by atoms with Crippen LogP contribution in [-0.4, -0.2) is 34.3 Å². The van der Waals surface area contributed by atoms with Gasteiger partial charge in [0.15, 0.2) is 0 Å². The summed E-state index contributed by atoms with van der Waals surface area (Å²) < 4.78 is 16.4. The average Bonchev–Trinajstić information content (AvgIpc) is 3.34. The number of H-pyrrole nitrogens is 1. The molecule has 1 N–H and O–H groups in total.